The highest BCUT2D eigenvalue weighted by Gasteiger charge is 2.03. The number of hydrogen-bond donors (Lipinski definition) is 1. The van der Waals surface area contributed by atoms with E-state index in [0.717, 1.165) is 23.3 Å². The summed E-state index contributed by atoms with van der Waals surface area (Å²) in [4.78, 5) is 10.1. The molecule has 0 saturated carbocycles. The quantitative estimate of drug-likeness (QED) is 0.714. The molecule has 0 unspecified atom stereocenters. The second kappa shape index (κ2) is 4.50. The summed E-state index contributed by atoms with van der Waals surface area (Å²) in [5.74, 6) is 0.717. The number of benzene rings is 1. The molecule has 0 aliphatic rings. The van der Waals surface area contributed by atoms with Crippen LogP contribution < -0.4 is 10.1 Å². The van der Waals surface area contributed by atoms with Crippen LogP contribution in [0.3, 0.4) is 0 Å². The molecule has 0 aliphatic carbocycles. The van der Waals surface area contributed by atoms with Gasteiger partial charge < -0.3 is 10.1 Å². The van der Waals surface area contributed by atoms with Crippen molar-refractivity contribution in [1.82, 2.24) is 0 Å². The summed E-state index contributed by atoms with van der Waals surface area (Å²) in [6.45, 7) is 2.08. The fraction of sp³-hybridized carbons (Fsp3) is 0.300. The van der Waals surface area contributed by atoms with Gasteiger partial charge >= 0.3 is 0 Å². The lowest BCUT2D eigenvalue weighted by atomic mass is 10.2. The van der Waals surface area contributed by atoms with Gasteiger partial charge in [0, 0.05) is 7.05 Å². The molecule has 70 valence electrons. The van der Waals surface area contributed by atoms with Gasteiger partial charge in [-0.1, -0.05) is 12.1 Å². The normalized spacial score (nSPS) is 9.38. The molecule has 0 saturated heterocycles. The van der Waals surface area contributed by atoms with Gasteiger partial charge in [0.1, 0.15) is 12.4 Å². The summed E-state index contributed by atoms with van der Waals surface area (Å²) >= 11 is 0. The summed E-state index contributed by atoms with van der Waals surface area (Å²) in [6, 6.07) is 5.72. The standard InChI is InChI=1S/C10H13NO2/c1-8-4-3-5-9(10(8)11-2)13-7-6-12/h3-6,11H,7H2,1-2H3. The molecule has 1 N–H and O–H groups in total. The smallest absolute Gasteiger partial charge is 0.157 e. The van der Waals surface area contributed by atoms with Crippen LogP contribution in [-0.2, 0) is 4.79 Å². The highest BCUT2D eigenvalue weighted by molar-refractivity contribution is 5.62. The van der Waals surface area contributed by atoms with Gasteiger partial charge in [-0.3, -0.25) is 4.79 Å². The van der Waals surface area contributed by atoms with E-state index >= 15 is 0 Å². The lowest BCUT2D eigenvalue weighted by Gasteiger charge is -2.11. The Morgan fingerprint density at radius 3 is 2.92 bits per heavy atom. The van der Waals surface area contributed by atoms with Crippen LogP contribution in [0.15, 0.2) is 18.2 Å². The summed E-state index contributed by atoms with van der Waals surface area (Å²) in [5, 5.41) is 3.03. The van der Waals surface area contributed by atoms with E-state index in [1.807, 2.05) is 32.2 Å². The Labute approximate surface area is 77.7 Å². The SMILES string of the molecule is CNc1c(C)cccc1OCC=O. The van der Waals surface area contributed by atoms with E-state index in [4.69, 9.17) is 4.74 Å². The molecule has 13 heavy (non-hydrogen) atoms. The second-order valence-corrected chi connectivity index (χ2v) is 2.68. The number of nitrogens with one attached hydrogen (secondary N) is 1. The number of rotatable bonds is 4. The third kappa shape index (κ3) is 2.21. The molecule has 0 spiro atoms. The van der Waals surface area contributed by atoms with Crippen LogP contribution in [0.1, 0.15) is 5.56 Å². The Kier molecular flexibility index (Phi) is 3.31. The molecule has 1 rings (SSSR count). The molecule has 1 aromatic rings. The van der Waals surface area contributed by atoms with E-state index in [-0.39, 0.29) is 6.61 Å². The van der Waals surface area contributed by atoms with E-state index in [1.165, 1.54) is 0 Å². The average Bonchev–Trinajstić information content (AvgIpc) is 2.15. The monoisotopic (exact) mass is 179 g/mol. The summed E-state index contributed by atoms with van der Waals surface area (Å²) in [7, 11) is 1.83. The van der Waals surface area contributed by atoms with Gasteiger partial charge in [0.25, 0.3) is 0 Å². The Balaban J connectivity index is 2.91. The van der Waals surface area contributed by atoms with Crippen LogP contribution in [-0.4, -0.2) is 19.9 Å². The van der Waals surface area contributed by atoms with Crippen molar-refractivity contribution in [3.8, 4) is 5.75 Å². The summed E-state index contributed by atoms with van der Waals surface area (Å²) in [6.07, 6.45) is 0.738. The predicted octanol–water partition coefficient (Wildman–Crippen LogP) is 1.61. The van der Waals surface area contributed by atoms with Crippen molar-refractivity contribution in [2.45, 2.75) is 6.92 Å². The Hall–Kier alpha value is -1.51. The number of carbonyl (C=O) groups is 1. The molecule has 0 heterocycles. The maximum absolute atomic E-state index is 10.1. The third-order valence-electron chi connectivity index (χ3n) is 1.79. The topological polar surface area (TPSA) is 38.3 Å². The van der Waals surface area contributed by atoms with Crippen molar-refractivity contribution in [3.63, 3.8) is 0 Å². The number of carbonyl (C=O) groups excluding carboxylic acids is 1. The van der Waals surface area contributed by atoms with E-state index in [2.05, 4.69) is 5.32 Å². The molecule has 0 aromatic heterocycles. The molecular formula is C10H13NO2. The molecule has 0 bridgehead atoms. The predicted molar refractivity (Wildman–Crippen MR) is 52.3 cm³/mol. The molecular weight excluding hydrogens is 166 g/mol. The van der Waals surface area contributed by atoms with Gasteiger partial charge in [-0.2, -0.15) is 0 Å². The highest BCUT2D eigenvalue weighted by atomic mass is 16.5. The van der Waals surface area contributed by atoms with Crippen LogP contribution in [0.5, 0.6) is 5.75 Å². The van der Waals surface area contributed by atoms with Crippen molar-refractivity contribution >= 4 is 12.0 Å². The fourth-order valence-electron chi connectivity index (χ4n) is 1.21. The highest BCUT2D eigenvalue weighted by Crippen LogP contribution is 2.26. The number of aldehydes is 1. The van der Waals surface area contributed by atoms with Gasteiger partial charge in [0.2, 0.25) is 0 Å². The van der Waals surface area contributed by atoms with Gasteiger partial charge in [-0.25, -0.2) is 0 Å². The molecule has 3 heteroatoms. The van der Waals surface area contributed by atoms with Gasteiger partial charge in [-0.05, 0) is 18.6 Å². The first-order valence-electron chi connectivity index (χ1n) is 4.13. The zero-order chi connectivity index (χ0) is 9.68. The maximum atomic E-state index is 10.1. The molecule has 0 radical (unpaired) electrons. The fourth-order valence-corrected chi connectivity index (χ4v) is 1.21. The number of hydrogen-bond acceptors (Lipinski definition) is 3. The van der Waals surface area contributed by atoms with Crippen molar-refractivity contribution in [3.05, 3.63) is 23.8 Å². The van der Waals surface area contributed by atoms with Gasteiger partial charge in [0.15, 0.2) is 6.29 Å². The zero-order valence-corrected chi connectivity index (χ0v) is 7.83. The molecule has 0 amide bonds. The van der Waals surface area contributed by atoms with E-state index in [9.17, 15) is 4.79 Å². The number of ether oxygens (including phenoxy) is 1. The number of para-hydroxylation sites is 1. The first kappa shape index (κ1) is 9.58. The average molecular weight is 179 g/mol. The lowest BCUT2D eigenvalue weighted by molar-refractivity contribution is -0.109. The van der Waals surface area contributed by atoms with Crippen molar-refractivity contribution < 1.29 is 9.53 Å². The van der Waals surface area contributed by atoms with Crippen molar-refractivity contribution in [2.75, 3.05) is 19.0 Å². The van der Waals surface area contributed by atoms with Gasteiger partial charge in [-0.15, -0.1) is 0 Å². The van der Waals surface area contributed by atoms with Crippen LogP contribution >= 0.6 is 0 Å². The van der Waals surface area contributed by atoms with E-state index < -0.39 is 0 Å². The van der Waals surface area contributed by atoms with Crippen LogP contribution in [0.25, 0.3) is 0 Å². The van der Waals surface area contributed by atoms with Crippen LogP contribution in [0.2, 0.25) is 0 Å². The molecule has 3 nitrogen and oxygen atoms in total. The first-order valence-corrected chi connectivity index (χ1v) is 4.13. The first-order chi connectivity index (χ1) is 6.29. The van der Waals surface area contributed by atoms with Crippen molar-refractivity contribution in [2.24, 2.45) is 0 Å². The largest absolute Gasteiger partial charge is 0.484 e. The Morgan fingerprint density at radius 1 is 1.54 bits per heavy atom. The van der Waals surface area contributed by atoms with Crippen molar-refractivity contribution in [1.29, 1.82) is 0 Å². The molecule has 1 aromatic carbocycles. The minimum absolute atomic E-state index is 0.0954. The summed E-state index contributed by atoms with van der Waals surface area (Å²) < 4.78 is 5.23. The van der Waals surface area contributed by atoms with E-state index in [0.29, 0.717) is 0 Å². The Bertz CT molecular complexity index is 297. The van der Waals surface area contributed by atoms with E-state index in [1.54, 1.807) is 0 Å². The minimum atomic E-state index is 0.0954. The molecule has 0 atom stereocenters. The Morgan fingerprint density at radius 2 is 2.31 bits per heavy atom. The molecule has 0 fully saturated rings. The number of anilines is 1. The lowest BCUT2D eigenvalue weighted by Crippen LogP contribution is -2.02. The number of aryl methyl sites for hydroxylation is 1. The maximum Gasteiger partial charge on any atom is 0.157 e. The third-order valence-corrected chi connectivity index (χ3v) is 1.79. The van der Waals surface area contributed by atoms with Crippen LogP contribution in [0.4, 0.5) is 5.69 Å². The van der Waals surface area contributed by atoms with Crippen LogP contribution in [0, 0.1) is 6.92 Å². The van der Waals surface area contributed by atoms with Gasteiger partial charge in [0.05, 0.1) is 5.69 Å². The zero-order valence-electron chi connectivity index (χ0n) is 7.83. The second-order valence-electron chi connectivity index (χ2n) is 2.68. The summed E-state index contributed by atoms with van der Waals surface area (Å²) in [5.41, 5.74) is 2.04. The minimum Gasteiger partial charge on any atom is -0.484 e. The molecule has 0 aliphatic heterocycles.